The van der Waals surface area contributed by atoms with Gasteiger partial charge in [0, 0.05) is 23.8 Å². The molecule has 0 aliphatic carbocycles. The number of anilines is 1. The zero-order valence-electron chi connectivity index (χ0n) is 8.95. The second-order valence-corrected chi connectivity index (χ2v) is 4.47. The van der Waals surface area contributed by atoms with Crippen molar-refractivity contribution in [2.24, 2.45) is 0 Å². The van der Waals surface area contributed by atoms with Crippen molar-refractivity contribution in [3.8, 4) is 11.6 Å². The number of nitrogens with one attached hydrogen (secondary N) is 1. The first kappa shape index (κ1) is 12.1. The van der Waals surface area contributed by atoms with Crippen LogP contribution in [-0.4, -0.2) is 17.0 Å². The summed E-state index contributed by atoms with van der Waals surface area (Å²) in [5.41, 5.74) is 0. The molecule has 0 amide bonds. The molecule has 0 fully saturated rings. The molecule has 0 saturated carbocycles. The molecule has 1 aromatic carbocycles. The molecule has 0 saturated heterocycles. The van der Waals surface area contributed by atoms with Crippen molar-refractivity contribution in [1.29, 1.82) is 0 Å². The number of aromatic nitrogens is 2. The van der Waals surface area contributed by atoms with Gasteiger partial charge in [-0.2, -0.15) is 4.98 Å². The van der Waals surface area contributed by atoms with Gasteiger partial charge in [-0.3, -0.25) is 0 Å². The van der Waals surface area contributed by atoms with E-state index in [0.29, 0.717) is 22.6 Å². The quantitative estimate of drug-likeness (QED) is 0.938. The van der Waals surface area contributed by atoms with Gasteiger partial charge < -0.3 is 10.1 Å². The van der Waals surface area contributed by atoms with Crippen molar-refractivity contribution in [1.82, 2.24) is 9.97 Å². The molecule has 0 aliphatic rings. The predicted octanol–water partition coefficient (Wildman–Crippen LogP) is 3.73. The highest BCUT2D eigenvalue weighted by atomic mass is 79.9. The Labute approximate surface area is 112 Å². The fourth-order valence-corrected chi connectivity index (χ4v) is 1.68. The summed E-state index contributed by atoms with van der Waals surface area (Å²) < 4.78 is 6.47. The van der Waals surface area contributed by atoms with Crippen LogP contribution < -0.4 is 10.1 Å². The molecular formula is C11H9BrClN3O. The summed E-state index contributed by atoms with van der Waals surface area (Å²) in [6.07, 6.45) is 1.61. The standard InChI is InChI=1S/C11H9BrClN3O/c1-14-11-15-5-4-10(16-11)17-9-6-7(12)2-3-8(9)13/h2-6H,1H3,(H,14,15,16). The lowest BCUT2D eigenvalue weighted by atomic mass is 10.3. The summed E-state index contributed by atoms with van der Waals surface area (Å²) in [6.45, 7) is 0. The van der Waals surface area contributed by atoms with Crippen molar-refractivity contribution >= 4 is 33.5 Å². The molecule has 0 bridgehead atoms. The molecule has 2 aromatic rings. The van der Waals surface area contributed by atoms with E-state index in [0.717, 1.165) is 4.47 Å². The molecule has 0 radical (unpaired) electrons. The first-order valence-corrected chi connectivity index (χ1v) is 6.00. The Morgan fingerprint density at radius 1 is 1.35 bits per heavy atom. The van der Waals surface area contributed by atoms with Gasteiger partial charge in [-0.05, 0) is 18.2 Å². The smallest absolute Gasteiger partial charge is 0.225 e. The monoisotopic (exact) mass is 313 g/mol. The van der Waals surface area contributed by atoms with Crippen LogP contribution in [0.15, 0.2) is 34.9 Å². The van der Waals surface area contributed by atoms with Crippen LogP contribution >= 0.6 is 27.5 Å². The lowest BCUT2D eigenvalue weighted by Gasteiger charge is -2.07. The summed E-state index contributed by atoms with van der Waals surface area (Å²) in [7, 11) is 1.74. The third kappa shape index (κ3) is 3.08. The van der Waals surface area contributed by atoms with Gasteiger partial charge in [0.1, 0.15) is 5.75 Å². The number of halogens is 2. The number of benzene rings is 1. The lowest BCUT2D eigenvalue weighted by molar-refractivity contribution is 0.462. The van der Waals surface area contributed by atoms with Gasteiger partial charge >= 0.3 is 0 Å². The van der Waals surface area contributed by atoms with E-state index in [9.17, 15) is 0 Å². The minimum atomic E-state index is 0.435. The normalized spacial score (nSPS) is 10.1. The third-order valence-electron chi connectivity index (χ3n) is 1.96. The van der Waals surface area contributed by atoms with Gasteiger partial charge in [0.05, 0.1) is 5.02 Å². The van der Waals surface area contributed by atoms with Gasteiger partial charge in [0.2, 0.25) is 11.8 Å². The van der Waals surface area contributed by atoms with E-state index < -0.39 is 0 Å². The van der Waals surface area contributed by atoms with Gasteiger partial charge in [0.25, 0.3) is 0 Å². The Hall–Kier alpha value is -1.33. The van der Waals surface area contributed by atoms with Crippen LogP contribution in [0, 0.1) is 0 Å². The zero-order chi connectivity index (χ0) is 12.3. The zero-order valence-corrected chi connectivity index (χ0v) is 11.3. The van der Waals surface area contributed by atoms with Crippen molar-refractivity contribution in [3.05, 3.63) is 40.0 Å². The van der Waals surface area contributed by atoms with Crippen LogP contribution in [0.2, 0.25) is 5.02 Å². The molecule has 1 N–H and O–H groups in total. The van der Waals surface area contributed by atoms with Crippen LogP contribution in [0.25, 0.3) is 0 Å². The molecule has 1 aromatic heterocycles. The fraction of sp³-hybridized carbons (Fsp3) is 0.0909. The summed E-state index contributed by atoms with van der Waals surface area (Å²) in [4.78, 5) is 8.13. The molecule has 88 valence electrons. The molecule has 6 heteroatoms. The number of ether oxygens (including phenoxy) is 1. The Kier molecular flexibility index (Phi) is 3.81. The number of hydrogen-bond donors (Lipinski definition) is 1. The average molecular weight is 315 g/mol. The molecule has 0 aliphatic heterocycles. The highest BCUT2D eigenvalue weighted by Crippen LogP contribution is 2.31. The molecule has 1 heterocycles. The molecule has 17 heavy (non-hydrogen) atoms. The Morgan fingerprint density at radius 3 is 2.94 bits per heavy atom. The van der Waals surface area contributed by atoms with Gasteiger partial charge in [0.15, 0.2) is 0 Å². The van der Waals surface area contributed by atoms with Crippen LogP contribution in [0.5, 0.6) is 11.6 Å². The van der Waals surface area contributed by atoms with E-state index in [1.807, 2.05) is 6.07 Å². The minimum Gasteiger partial charge on any atom is -0.437 e. The van der Waals surface area contributed by atoms with Gasteiger partial charge in [-0.25, -0.2) is 4.98 Å². The van der Waals surface area contributed by atoms with Crippen molar-refractivity contribution in [3.63, 3.8) is 0 Å². The minimum absolute atomic E-state index is 0.435. The fourth-order valence-electron chi connectivity index (χ4n) is 1.19. The maximum absolute atomic E-state index is 6.01. The highest BCUT2D eigenvalue weighted by Gasteiger charge is 2.05. The van der Waals surface area contributed by atoms with Crippen LogP contribution in [0.4, 0.5) is 5.95 Å². The van der Waals surface area contributed by atoms with Gasteiger partial charge in [-0.15, -0.1) is 0 Å². The summed E-state index contributed by atoms with van der Waals surface area (Å²) in [6, 6.07) is 7.04. The molecular weight excluding hydrogens is 305 g/mol. The lowest BCUT2D eigenvalue weighted by Crippen LogP contribution is -1.97. The summed E-state index contributed by atoms with van der Waals surface area (Å²) in [5, 5.41) is 3.36. The summed E-state index contributed by atoms with van der Waals surface area (Å²) >= 11 is 9.37. The second-order valence-electron chi connectivity index (χ2n) is 3.15. The first-order valence-electron chi connectivity index (χ1n) is 4.83. The predicted molar refractivity (Wildman–Crippen MR) is 70.8 cm³/mol. The maximum atomic E-state index is 6.01. The Bertz CT molecular complexity index is 536. The van der Waals surface area contributed by atoms with Crippen LogP contribution in [-0.2, 0) is 0 Å². The molecule has 0 atom stereocenters. The summed E-state index contributed by atoms with van der Waals surface area (Å²) in [5.74, 6) is 1.47. The van der Waals surface area contributed by atoms with Crippen molar-refractivity contribution < 1.29 is 4.74 Å². The second kappa shape index (κ2) is 5.33. The highest BCUT2D eigenvalue weighted by molar-refractivity contribution is 9.10. The van der Waals surface area contributed by atoms with E-state index in [-0.39, 0.29) is 0 Å². The van der Waals surface area contributed by atoms with E-state index >= 15 is 0 Å². The number of hydrogen-bond acceptors (Lipinski definition) is 4. The molecule has 0 unspecified atom stereocenters. The maximum Gasteiger partial charge on any atom is 0.225 e. The SMILES string of the molecule is CNc1nccc(Oc2cc(Br)ccc2Cl)n1. The van der Waals surface area contributed by atoms with Crippen LogP contribution in [0.1, 0.15) is 0 Å². The van der Waals surface area contributed by atoms with Crippen LogP contribution in [0.3, 0.4) is 0 Å². The average Bonchev–Trinajstić information content (AvgIpc) is 2.34. The first-order chi connectivity index (χ1) is 8.19. The number of rotatable bonds is 3. The van der Waals surface area contributed by atoms with Crippen molar-refractivity contribution in [2.45, 2.75) is 0 Å². The molecule has 2 rings (SSSR count). The van der Waals surface area contributed by atoms with E-state index in [1.165, 1.54) is 0 Å². The van der Waals surface area contributed by atoms with E-state index in [2.05, 4.69) is 31.2 Å². The van der Waals surface area contributed by atoms with Gasteiger partial charge in [-0.1, -0.05) is 27.5 Å². The Balaban J connectivity index is 2.27. The van der Waals surface area contributed by atoms with E-state index in [4.69, 9.17) is 16.3 Å². The molecule has 0 spiro atoms. The largest absolute Gasteiger partial charge is 0.437 e. The molecule has 4 nitrogen and oxygen atoms in total. The number of nitrogens with zero attached hydrogens (tertiary/aromatic N) is 2. The third-order valence-corrected chi connectivity index (χ3v) is 2.77. The van der Waals surface area contributed by atoms with Crippen molar-refractivity contribution in [2.75, 3.05) is 12.4 Å². The van der Waals surface area contributed by atoms with E-state index in [1.54, 1.807) is 31.4 Å². The Morgan fingerprint density at radius 2 is 2.18 bits per heavy atom. The topological polar surface area (TPSA) is 47.0 Å².